The highest BCUT2D eigenvalue weighted by molar-refractivity contribution is 7.99. The van der Waals surface area contributed by atoms with Crippen molar-refractivity contribution in [2.24, 2.45) is 10.7 Å². The summed E-state index contributed by atoms with van der Waals surface area (Å²) in [5, 5.41) is 2.06. The summed E-state index contributed by atoms with van der Waals surface area (Å²) in [6.45, 7) is -3.01. The molecule has 1 fully saturated rings. The highest BCUT2D eigenvalue weighted by atomic mass is 32.2. The van der Waals surface area contributed by atoms with Crippen molar-refractivity contribution in [2.45, 2.75) is 36.7 Å². The lowest BCUT2D eigenvalue weighted by atomic mass is 9.87. The number of carbonyl (C=O) groups is 1. The fraction of sp³-hybridized carbons (Fsp3) is 0.333. The third-order valence-corrected chi connectivity index (χ3v) is 8.62. The Labute approximate surface area is 188 Å². The first-order valence-corrected chi connectivity index (χ1v) is 11.8. The molecule has 2 aromatic rings. The Hall–Kier alpha value is -3.28. The van der Waals surface area contributed by atoms with E-state index in [1.54, 1.807) is 7.05 Å². The van der Waals surface area contributed by atoms with Crippen LogP contribution in [0.2, 0.25) is 0 Å². The van der Waals surface area contributed by atoms with Crippen LogP contribution in [0.25, 0.3) is 0 Å². The Bertz CT molecular complexity index is 1220. The van der Waals surface area contributed by atoms with Crippen molar-refractivity contribution in [1.29, 1.82) is 0 Å². The first-order chi connectivity index (χ1) is 15.5. The lowest BCUT2D eigenvalue weighted by Gasteiger charge is -2.42. The summed E-state index contributed by atoms with van der Waals surface area (Å²) in [6, 6.07) is 6.42. The molecular formula is C21H22F3N5O3S. The second-order valence-electron chi connectivity index (χ2n) is 7.87. The first-order valence-electron chi connectivity index (χ1n) is 10.0. The molecule has 1 aromatic carbocycles. The maximum Gasteiger partial charge on any atom is 0.387 e. The van der Waals surface area contributed by atoms with Crippen molar-refractivity contribution in [1.82, 2.24) is 9.29 Å². The predicted molar refractivity (Wildman–Crippen MR) is 119 cm³/mol. The van der Waals surface area contributed by atoms with Crippen molar-refractivity contribution >= 4 is 33.1 Å². The van der Waals surface area contributed by atoms with Gasteiger partial charge in [-0.25, -0.2) is 18.6 Å². The van der Waals surface area contributed by atoms with Crippen LogP contribution in [0.15, 0.2) is 41.5 Å². The fourth-order valence-electron chi connectivity index (χ4n) is 4.38. The Morgan fingerprint density at radius 1 is 1.39 bits per heavy atom. The molecule has 2 heterocycles. The average molecular weight is 482 g/mol. The van der Waals surface area contributed by atoms with Crippen LogP contribution in [0.4, 0.5) is 18.9 Å². The molecule has 1 aliphatic heterocycles. The van der Waals surface area contributed by atoms with Crippen LogP contribution >= 0.6 is 0 Å². The quantitative estimate of drug-likeness (QED) is 0.639. The summed E-state index contributed by atoms with van der Waals surface area (Å²) in [6.07, 6.45) is 2.63. The lowest BCUT2D eigenvalue weighted by molar-refractivity contribution is -0.0500. The number of guanidine groups is 1. The zero-order chi connectivity index (χ0) is 24.0. The van der Waals surface area contributed by atoms with Gasteiger partial charge in [0.25, 0.3) is 5.91 Å². The number of aliphatic imine (C=N–C) groups is 1. The van der Waals surface area contributed by atoms with E-state index in [2.05, 4.69) is 25.9 Å². The molecule has 0 saturated heterocycles. The smallest absolute Gasteiger partial charge is 0.387 e. The highest BCUT2D eigenvalue weighted by Crippen LogP contribution is 2.49. The van der Waals surface area contributed by atoms with Crippen molar-refractivity contribution < 1.29 is 26.9 Å². The van der Waals surface area contributed by atoms with E-state index in [1.807, 2.05) is 0 Å². The van der Waals surface area contributed by atoms with Gasteiger partial charge in [-0.2, -0.15) is 8.78 Å². The molecule has 2 aliphatic rings. The van der Waals surface area contributed by atoms with Gasteiger partial charge in [0.1, 0.15) is 22.8 Å². The van der Waals surface area contributed by atoms with Gasteiger partial charge in [0, 0.05) is 18.3 Å². The summed E-state index contributed by atoms with van der Waals surface area (Å²) in [4.78, 5) is 20.9. The maximum absolute atomic E-state index is 15.0. The topological polar surface area (TPSA) is 110 Å². The molecule has 176 valence electrons. The van der Waals surface area contributed by atoms with Crippen LogP contribution in [-0.2, 0) is 15.2 Å². The molecule has 0 radical (unpaired) electrons. The van der Waals surface area contributed by atoms with Gasteiger partial charge in [-0.05, 0) is 55.5 Å². The van der Waals surface area contributed by atoms with Crippen LogP contribution in [-0.4, -0.2) is 50.1 Å². The number of aromatic nitrogens is 1. The molecule has 8 nitrogen and oxygen atoms in total. The number of hydrogen-bond donors (Lipinski definition) is 2. The SMILES string of the molecule is C=S1(=O)C2CCC[C@]2(c2cc(NC(=O)c3ccc(OC(F)F)cn3)ccc2F)N=C(N)N1C. The third-order valence-electron chi connectivity index (χ3n) is 5.99. The molecule has 0 bridgehead atoms. The molecule has 12 heteroatoms. The van der Waals surface area contributed by atoms with Gasteiger partial charge in [0.2, 0.25) is 5.96 Å². The van der Waals surface area contributed by atoms with E-state index in [4.69, 9.17) is 5.73 Å². The summed E-state index contributed by atoms with van der Waals surface area (Å²) < 4.78 is 58.5. The van der Waals surface area contributed by atoms with Crippen molar-refractivity contribution in [2.75, 3.05) is 12.4 Å². The summed E-state index contributed by atoms with van der Waals surface area (Å²) >= 11 is 0. The number of pyridine rings is 1. The zero-order valence-corrected chi connectivity index (χ0v) is 18.4. The molecular weight excluding hydrogens is 459 g/mol. The van der Waals surface area contributed by atoms with E-state index in [0.717, 1.165) is 6.20 Å². The van der Waals surface area contributed by atoms with Gasteiger partial charge in [0.05, 0.1) is 21.2 Å². The second kappa shape index (κ2) is 8.25. The van der Waals surface area contributed by atoms with E-state index >= 15 is 4.39 Å². The van der Waals surface area contributed by atoms with Gasteiger partial charge >= 0.3 is 6.61 Å². The summed E-state index contributed by atoms with van der Waals surface area (Å²) in [5.41, 5.74) is 5.23. The van der Waals surface area contributed by atoms with Crippen LogP contribution in [0, 0.1) is 5.82 Å². The van der Waals surface area contributed by atoms with Crippen molar-refractivity contribution in [3.05, 3.63) is 53.6 Å². The average Bonchev–Trinajstić information content (AvgIpc) is 3.19. The minimum absolute atomic E-state index is 0.0114. The van der Waals surface area contributed by atoms with Gasteiger partial charge in [-0.3, -0.25) is 9.10 Å². The van der Waals surface area contributed by atoms with E-state index in [0.29, 0.717) is 19.3 Å². The number of nitrogens with two attached hydrogens (primary N) is 1. The Balaban J connectivity index is 1.66. The Morgan fingerprint density at radius 3 is 2.82 bits per heavy atom. The van der Waals surface area contributed by atoms with Crippen LogP contribution < -0.4 is 15.8 Å². The third kappa shape index (κ3) is 3.99. The molecule has 1 amide bonds. The number of nitrogens with one attached hydrogen (secondary N) is 1. The summed E-state index contributed by atoms with van der Waals surface area (Å²) in [7, 11) is -1.31. The number of nitrogens with zero attached hydrogens (tertiary/aromatic N) is 3. The molecule has 33 heavy (non-hydrogen) atoms. The van der Waals surface area contributed by atoms with Crippen LogP contribution in [0.5, 0.6) is 5.75 Å². The molecule has 1 aliphatic carbocycles. The number of halogens is 3. The number of amides is 1. The Morgan fingerprint density at radius 2 is 2.15 bits per heavy atom. The number of ether oxygens (including phenoxy) is 1. The number of rotatable bonds is 5. The maximum atomic E-state index is 15.0. The minimum atomic E-state index is -3.01. The summed E-state index contributed by atoms with van der Waals surface area (Å²) in [5.74, 6) is 2.50. The second-order valence-corrected chi connectivity index (χ2v) is 10.4. The number of anilines is 1. The van der Waals surface area contributed by atoms with E-state index < -0.39 is 38.8 Å². The van der Waals surface area contributed by atoms with Crippen LogP contribution in [0.3, 0.4) is 0 Å². The molecule has 4 rings (SSSR count). The fourth-order valence-corrected chi connectivity index (χ4v) is 6.56. The minimum Gasteiger partial charge on any atom is -0.433 e. The largest absolute Gasteiger partial charge is 0.433 e. The standard InChI is InChI=1S/C21H22F3N5O3S/c1-29-20(25)28-21(9-3-4-17(21)33(29,2)31)14-10-12(5-7-15(14)22)27-18(30)16-8-6-13(11-26-16)32-19(23)24/h5-8,10-11,17,19H,2-4,9H2,1H3,(H2,25,28)(H,27,30)/t17?,21-,33?/m1/s1. The molecule has 0 spiro atoms. The molecule has 1 saturated carbocycles. The molecule has 3 atom stereocenters. The number of carbonyl (C=O) groups excluding carboxylic acids is 1. The van der Waals surface area contributed by atoms with Gasteiger partial charge in [-0.1, -0.05) is 0 Å². The number of benzene rings is 1. The highest BCUT2D eigenvalue weighted by Gasteiger charge is 2.54. The number of alkyl halides is 2. The Kier molecular flexibility index (Phi) is 5.72. The van der Waals surface area contributed by atoms with Crippen molar-refractivity contribution in [3.8, 4) is 5.75 Å². The van der Waals surface area contributed by atoms with E-state index in [-0.39, 0.29) is 28.7 Å². The normalized spacial score (nSPS) is 26.6. The first kappa shape index (κ1) is 22.9. The van der Waals surface area contributed by atoms with Gasteiger partial charge in [-0.15, -0.1) is 0 Å². The molecule has 1 aromatic heterocycles. The number of fused-ring (bicyclic) bond motifs is 1. The lowest BCUT2D eigenvalue weighted by Crippen LogP contribution is -2.55. The van der Waals surface area contributed by atoms with Gasteiger partial charge < -0.3 is 15.8 Å². The van der Waals surface area contributed by atoms with Gasteiger partial charge in [0.15, 0.2) is 0 Å². The van der Waals surface area contributed by atoms with Crippen molar-refractivity contribution in [3.63, 3.8) is 0 Å². The molecule has 3 N–H and O–H groups in total. The molecule has 2 unspecified atom stereocenters. The predicted octanol–water partition coefficient (Wildman–Crippen LogP) is 2.71. The van der Waals surface area contributed by atoms with Crippen LogP contribution in [0.1, 0.15) is 35.3 Å². The number of hydrogen-bond acceptors (Lipinski definition) is 6. The van der Waals surface area contributed by atoms with E-state index in [9.17, 15) is 17.8 Å². The monoisotopic (exact) mass is 481 g/mol. The van der Waals surface area contributed by atoms with E-state index in [1.165, 1.54) is 34.6 Å². The zero-order valence-electron chi connectivity index (χ0n) is 17.6.